The number of rotatable bonds is 1. The molecule has 0 amide bonds. The van der Waals surface area contributed by atoms with Gasteiger partial charge in [-0.1, -0.05) is 18.2 Å². The third-order valence-corrected chi connectivity index (χ3v) is 2.13. The van der Waals surface area contributed by atoms with Crippen LogP contribution in [0.4, 0.5) is 5.69 Å². The van der Waals surface area contributed by atoms with Crippen LogP contribution in [0.15, 0.2) is 30.3 Å². The number of para-hydroxylation sites is 1. The molecular formula is C10H13Cl2NOZn. The van der Waals surface area contributed by atoms with E-state index in [0.29, 0.717) is 0 Å². The van der Waals surface area contributed by atoms with Crippen LogP contribution in [0.5, 0.6) is 0 Å². The summed E-state index contributed by atoms with van der Waals surface area (Å²) < 4.78 is 5.28. The molecule has 0 unspecified atom stereocenters. The summed E-state index contributed by atoms with van der Waals surface area (Å²) in [6, 6.07) is 10.5. The molecule has 5 heteroatoms. The second kappa shape index (κ2) is 9.41. The van der Waals surface area contributed by atoms with E-state index in [0.717, 1.165) is 26.3 Å². The van der Waals surface area contributed by atoms with Crippen LogP contribution < -0.4 is 29.7 Å². The van der Waals surface area contributed by atoms with Crippen molar-refractivity contribution in [2.45, 2.75) is 0 Å². The Morgan fingerprint density at radius 3 is 2.00 bits per heavy atom. The van der Waals surface area contributed by atoms with Crippen molar-refractivity contribution in [3.8, 4) is 0 Å². The molecule has 80 valence electrons. The summed E-state index contributed by atoms with van der Waals surface area (Å²) in [6.45, 7) is 3.75. The fraction of sp³-hybridized carbons (Fsp3) is 0.400. The number of benzene rings is 1. The molecule has 1 aromatic carbocycles. The molecule has 2 rings (SSSR count). The largest absolute Gasteiger partial charge is 2.00 e. The molecule has 1 aromatic rings. The van der Waals surface area contributed by atoms with Gasteiger partial charge in [-0.05, 0) is 12.1 Å². The number of anilines is 1. The Morgan fingerprint density at radius 2 is 1.47 bits per heavy atom. The van der Waals surface area contributed by atoms with E-state index in [2.05, 4.69) is 29.2 Å². The van der Waals surface area contributed by atoms with Gasteiger partial charge in [0.25, 0.3) is 0 Å². The maximum Gasteiger partial charge on any atom is 2.00 e. The van der Waals surface area contributed by atoms with Crippen molar-refractivity contribution in [2.24, 2.45) is 0 Å². The third kappa shape index (κ3) is 5.17. The van der Waals surface area contributed by atoms with Crippen molar-refractivity contribution < 1.29 is 49.0 Å². The van der Waals surface area contributed by atoms with Crippen molar-refractivity contribution in [1.82, 2.24) is 0 Å². The average molecular weight is 300 g/mol. The molecule has 1 aliphatic heterocycles. The van der Waals surface area contributed by atoms with Crippen molar-refractivity contribution in [1.29, 1.82) is 0 Å². The van der Waals surface area contributed by atoms with Crippen molar-refractivity contribution >= 4 is 5.69 Å². The Hall–Kier alpha value is 0.183. The van der Waals surface area contributed by atoms with E-state index >= 15 is 0 Å². The SMILES string of the molecule is [Cl-].[Cl-].[Zn+2].c1ccc(N2CCOCC2)cc1. The molecule has 2 nitrogen and oxygen atoms in total. The molecule has 0 aromatic heterocycles. The zero-order valence-electron chi connectivity index (χ0n) is 8.53. The molecule has 0 N–H and O–H groups in total. The summed E-state index contributed by atoms with van der Waals surface area (Å²) >= 11 is 0. The maximum absolute atomic E-state index is 5.28. The summed E-state index contributed by atoms with van der Waals surface area (Å²) in [4.78, 5) is 2.35. The summed E-state index contributed by atoms with van der Waals surface area (Å²) in [6.07, 6.45) is 0. The van der Waals surface area contributed by atoms with Crippen LogP contribution >= 0.6 is 0 Å². The molecule has 0 bridgehead atoms. The van der Waals surface area contributed by atoms with Gasteiger partial charge in [0.05, 0.1) is 13.2 Å². The van der Waals surface area contributed by atoms with E-state index in [4.69, 9.17) is 4.74 Å². The molecule has 0 saturated carbocycles. The zero-order valence-corrected chi connectivity index (χ0v) is 13.0. The van der Waals surface area contributed by atoms with Gasteiger partial charge < -0.3 is 34.5 Å². The van der Waals surface area contributed by atoms with Gasteiger partial charge >= 0.3 is 19.5 Å². The Bertz CT molecular complexity index is 242. The van der Waals surface area contributed by atoms with Gasteiger partial charge in [-0.3, -0.25) is 0 Å². The molecule has 1 fully saturated rings. The molecule has 15 heavy (non-hydrogen) atoms. The fourth-order valence-corrected chi connectivity index (χ4v) is 1.46. The summed E-state index contributed by atoms with van der Waals surface area (Å²) in [7, 11) is 0. The molecule has 0 spiro atoms. The molecule has 0 atom stereocenters. The quantitative estimate of drug-likeness (QED) is 0.485. The number of ether oxygens (including phenoxy) is 1. The minimum absolute atomic E-state index is 0. The minimum atomic E-state index is 0. The number of halogens is 2. The van der Waals surface area contributed by atoms with Crippen LogP contribution in [-0.4, -0.2) is 26.3 Å². The van der Waals surface area contributed by atoms with Gasteiger partial charge in [-0.2, -0.15) is 0 Å². The second-order valence-electron chi connectivity index (χ2n) is 2.93. The van der Waals surface area contributed by atoms with Crippen LogP contribution in [0.3, 0.4) is 0 Å². The van der Waals surface area contributed by atoms with E-state index < -0.39 is 0 Å². The first-order valence-electron chi connectivity index (χ1n) is 4.34. The van der Waals surface area contributed by atoms with E-state index in [1.165, 1.54) is 5.69 Å². The predicted octanol–water partition coefficient (Wildman–Crippen LogP) is -4.47. The van der Waals surface area contributed by atoms with Crippen molar-refractivity contribution in [3.05, 3.63) is 30.3 Å². The van der Waals surface area contributed by atoms with Crippen molar-refractivity contribution in [3.63, 3.8) is 0 Å². The second-order valence-corrected chi connectivity index (χ2v) is 2.93. The monoisotopic (exact) mass is 297 g/mol. The molecule has 0 radical (unpaired) electrons. The molecular weight excluding hydrogens is 286 g/mol. The summed E-state index contributed by atoms with van der Waals surface area (Å²) in [5, 5.41) is 0. The van der Waals surface area contributed by atoms with E-state index in [1.807, 2.05) is 6.07 Å². The molecule has 1 heterocycles. The van der Waals surface area contributed by atoms with Crippen LogP contribution in [0, 0.1) is 0 Å². The Kier molecular flexibility index (Phi) is 11.0. The van der Waals surface area contributed by atoms with Gasteiger partial charge in [-0.25, -0.2) is 0 Å². The fourth-order valence-electron chi connectivity index (χ4n) is 1.46. The normalized spacial score (nSPS) is 14.3. The number of nitrogens with zero attached hydrogens (tertiary/aromatic N) is 1. The van der Waals surface area contributed by atoms with Gasteiger partial charge in [0.15, 0.2) is 0 Å². The van der Waals surface area contributed by atoms with Gasteiger partial charge in [0, 0.05) is 18.8 Å². The standard InChI is InChI=1S/C10H13NO.2ClH.Zn/c1-2-4-10(5-3-1)11-6-8-12-9-7-11;;;/h1-5H,6-9H2;2*1H;/q;;;+2/p-2. The van der Waals surface area contributed by atoms with Gasteiger partial charge in [-0.15, -0.1) is 0 Å². The van der Waals surface area contributed by atoms with Gasteiger partial charge in [0.1, 0.15) is 0 Å². The summed E-state index contributed by atoms with van der Waals surface area (Å²) in [5.74, 6) is 0. The first kappa shape index (κ1) is 17.6. The molecule has 1 aliphatic rings. The van der Waals surface area contributed by atoms with E-state index in [9.17, 15) is 0 Å². The number of morpholine rings is 1. The van der Waals surface area contributed by atoms with Crippen LogP contribution in [0.25, 0.3) is 0 Å². The molecule has 1 saturated heterocycles. The molecule has 0 aliphatic carbocycles. The predicted molar refractivity (Wildman–Crippen MR) is 49.5 cm³/mol. The maximum atomic E-state index is 5.28. The average Bonchev–Trinajstić information content (AvgIpc) is 2.21. The number of hydrogen-bond acceptors (Lipinski definition) is 2. The number of hydrogen-bond donors (Lipinski definition) is 0. The van der Waals surface area contributed by atoms with Crippen LogP contribution in [0.2, 0.25) is 0 Å². The first-order chi connectivity index (χ1) is 5.97. The Balaban J connectivity index is 0. The Morgan fingerprint density at radius 1 is 0.933 bits per heavy atom. The van der Waals surface area contributed by atoms with Gasteiger partial charge in [0.2, 0.25) is 0 Å². The van der Waals surface area contributed by atoms with Crippen LogP contribution in [0.1, 0.15) is 0 Å². The van der Waals surface area contributed by atoms with E-state index in [1.54, 1.807) is 0 Å². The van der Waals surface area contributed by atoms with Crippen LogP contribution in [-0.2, 0) is 24.2 Å². The minimum Gasteiger partial charge on any atom is -1.00 e. The summed E-state index contributed by atoms with van der Waals surface area (Å²) in [5.41, 5.74) is 1.31. The zero-order chi connectivity index (χ0) is 8.23. The van der Waals surface area contributed by atoms with E-state index in [-0.39, 0.29) is 44.3 Å². The smallest absolute Gasteiger partial charge is 1.00 e. The first-order valence-corrected chi connectivity index (χ1v) is 4.34. The topological polar surface area (TPSA) is 12.5 Å². The Labute approximate surface area is 116 Å². The van der Waals surface area contributed by atoms with Crippen molar-refractivity contribution in [2.75, 3.05) is 31.2 Å². The third-order valence-electron chi connectivity index (χ3n) is 2.13.